The van der Waals surface area contributed by atoms with Crippen molar-refractivity contribution >= 4 is 5.91 Å². The Bertz CT molecular complexity index is 767. The molecule has 5 heteroatoms. The van der Waals surface area contributed by atoms with Gasteiger partial charge in [-0.15, -0.1) is 0 Å². The lowest BCUT2D eigenvalue weighted by Crippen LogP contribution is -2.38. The average molecular weight is 338 g/mol. The summed E-state index contributed by atoms with van der Waals surface area (Å²) < 4.78 is 11.4. The number of carbonyl (C=O) groups excluding carboxylic acids is 1. The predicted molar refractivity (Wildman–Crippen MR) is 94.5 cm³/mol. The molecule has 1 N–H and O–H groups in total. The van der Waals surface area contributed by atoms with Crippen LogP contribution in [0.1, 0.15) is 17.5 Å². The van der Waals surface area contributed by atoms with E-state index in [0.29, 0.717) is 19.8 Å². The molecule has 5 nitrogen and oxygen atoms in total. The van der Waals surface area contributed by atoms with E-state index in [9.17, 15) is 4.79 Å². The lowest BCUT2D eigenvalue weighted by Gasteiger charge is -2.15. The highest BCUT2D eigenvalue weighted by Crippen LogP contribution is 2.37. The van der Waals surface area contributed by atoms with Crippen molar-refractivity contribution < 1.29 is 14.3 Å². The van der Waals surface area contributed by atoms with Crippen molar-refractivity contribution in [3.05, 3.63) is 47.7 Å². The van der Waals surface area contributed by atoms with Crippen LogP contribution in [-0.2, 0) is 16.0 Å². The van der Waals surface area contributed by atoms with E-state index in [4.69, 9.17) is 9.47 Å². The molecule has 1 fully saturated rings. The minimum Gasteiger partial charge on any atom is -0.487 e. The Morgan fingerprint density at radius 2 is 2.24 bits per heavy atom. The molecule has 1 amide bonds. The molecule has 0 radical (unpaired) electrons. The molecule has 0 saturated carbocycles. The van der Waals surface area contributed by atoms with Gasteiger partial charge < -0.3 is 14.8 Å². The topological polar surface area (TPSA) is 60.5 Å². The Morgan fingerprint density at radius 1 is 1.32 bits per heavy atom. The highest BCUT2D eigenvalue weighted by molar-refractivity contribution is 5.79. The third-order valence-corrected chi connectivity index (χ3v) is 4.82. The quantitative estimate of drug-likeness (QED) is 0.930. The predicted octanol–water partition coefficient (Wildman–Crippen LogP) is 2.51. The lowest BCUT2D eigenvalue weighted by molar-refractivity contribution is -0.125. The number of benzene rings is 1. The molecular formula is C20H22N2O3. The number of nitrogens with zero attached hydrogens (tertiary/aromatic N) is 1. The molecule has 130 valence electrons. The minimum atomic E-state index is -0.0344. The number of hydrogen-bond acceptors (Lipinski definition) is 4. The molecule has 1 saturated heterocycles. The zero-order chi connectivity index (χ0) is 17.2. The van der Waals surface area contributed by atoms with Crippen molar-refractivity contribution in [3.63, 3.8) is 0 Å². The van der Waals surface area contributed by atoms with E-state index in [1.807, 2.05) is 31.3 Å². The van der Waals surface area contributed by atoms with Crippen LogP contribution in [0.2, 0.25) is 0 Å². The normalized spacial score (nSPS) is 21.6. The van der Waals surface area contributed by atoms with Crippen LogP contribution in [0.25, 0.3) is 11.3 Å². The Kier molecular flexibility index (Phi) is 4.40. The van der Waals surface area contributed by atoms with Gasteiger partial charge in [-0.05, 0) is 36.6 Å². The molecule has 25 heavy (non-hydrogen) atoms. The van der Waals surface area contributed by atoms with Crippen molar-refractivity contribution in [1.82, 2.24) is 10.3 Å². The first-order valence-corrected chi connectivity index (χ1v) is 8.78. The maximum Gasteiger partial charge on any atom is 0.225 e. The van der Waals surface area contributed by atoms with Gasteiger partial charge >= 0.3 is 0 Å². The number of para-hydroxylation sites is 1. The fourth-order valence-electron chi connectivity index (χ4n) is 3.38. The summed E-state index contributed by atoms with van der Waals surface area (Å²) in [6.07, 6.45) is 3.44. The van der Waals surface area contributed by atoms with Gasteiger partial charge in [0, 0.05) is 24.8 Å². The maximum atomic E-state index is 12.1. The first-order chi connectivity index (χ1) is 12.2. The monoisotopic (exact) mass is 338 g/mol. The molecule has 2 unspecified atom stereocenters. The van der Waals surface area contributed by atoms with E-state index >= 15 is 0 Å². The van der Waals surface area contributed by atoms with Crippen molar-refractivity contribution in [3.8, 4) is 17.0 Å². The Balaban J connectivity index is 1.44. The van der Waals surface area contributed by atoms with Gasteiger partial charge in [0.2, 0.25) is 5.91 Å². The summed E-state index contributed by atoms with van der Waals surface area (Å²) in [5.74, 6) is 0.941. The molecule has 2 atom stereocenters. The Morgan fingerprint density at radius 3 is 3.00 bits per heavy atom. The second-order valence-electron chi connectivity index (χ2n) is 6.76. The van der Waals surface area contributed by atoms with Crippen molar-refractivity contribution in [2.24, 2.45) is 5.92 Å². The second-order valence-corrected chi connectivity index (χ2v) is 6.76. The van der Waals surface area contributed by atoms with Crippen molar-refractivity contribution in [2.45, 2.75) is 25.9 Å². The Labute approximate surface area is 147 Å². The number of aryl methyl sites for hydroxylation is 1. The first kappa shape index (κ1) is 16.1. The number of amides is 1. The number of pyridine rings is 1. The molecule has 4 rings (SSSR count). The maximum absolute atomic E-state index is 12.1. The van der Waals surface area contributed by atoms with Crippen LogP contribution in [0.3, 0.4) is 0 Å². The number of carbonyl (C=O) groups is 1. The van der Waals surface area contributed by atoms with Crippen LogP contribution in [0, 0.1) is 12.8 Å². The number of aromatic nitrogens is 1. The summed E-state index contributed by atoms with van der Waals surface area (Å²) in [5.41, 5.74) is 4.22. The molecule has 1 aromatic carbocycles. The SMILES string of the molecule is Cc1ccc(-c2cccc3c2OC(CNC(=O)C2CCOC2)C3)nc1. The van der Waals surface area contributed by atoms with Crippen LogP contribution in [0.5, 0.6) is 5.75 Å². The average Bonchev–Trinajstić information content (AvgIpc) is 3.29. The van der Waals surface area contributed by atoms with Crippen LogP contribution in [-0.4, -0.2) is 36.8 Å². The number of ether oxygens (including phenoxy) is 2. The summed E-state index contributed by atoms with van der Waals surface area (Å²) in [6, 6.07) is 10.2. The van der Waals surface area contributed by atoms with Gasteiger partial charge in [0.25, 0.3) is 0 Å². The summed E-state index contributed by atoms with van der Waals surface area (Å²) in [6.45, 7) is 3.75. The van der Waals surface area contributed by atoms with Crippen LogP contribution < -0.4 is 10.1 Å². The van der Waals surface area contributed by atoms with E-state index in [0.717, 1.165) is 35.4 Å². The summed E-state index contributed by atoms with van der Waals surface area (Å²) in [7, 11) is 0. The summed E-state index contributed by atoms with van der Waals surface area (Å²) in [4.78, 5) is 16.7. The zero-order valence-electron chi connectivity index (χ0n) is 14.3. The van der Waals surface area contributed by atoms with Gasteiger partial charge in [0.1, 0.15) is 11.9 Å². The van der Waals surface area contributed by atoms with Crippen LogP contribution in [0.15, 0.2) is 36.5 Å². The van der Waals surface area contributed by atoms with Gasteiger partial charge in [0.15, 0.2) is 0 Å². The van der Waals surface area contributed by atoms with E-state index in [2.05, 4.69) is 22.4 Å². The molecule has 3 heterocycles. The highest BCUT2D eigenvalue weighted by Gasteiger charge is 2.28. The summed E-state index contributed by atoms with van der Waals surface area (Å²) >= 11 is 0. The minimum absolute atomic E-state index is 0.0175. The third-order valence-electron chi connectivity index (χ3n) is 4.82. The molecular weight excluding hydrogens is 316 g/mol. The number of rotatable bonds is 4. The number of fused-ring (bicyclic) bond motifs is 1. The van der Waals surface area contributed by atoms with Crippen molar-refractivity contribution in [2.75, 3.05) is 19.8 Å². The standard InChI is InChI=1S/C20H22N2O3/c1-13-5-6-18(21-10-13)17-4-2-3-14-9-16(25-19(14)17)11-22-20(23)15-7-8-24-12-15/h2-6,10,15-16H,7-9,11-12H2,1H3,(H,22,23). The van der Waals surface area contributed by atoms with Gasteiger partial charge in [-0.1, -0.05) is 18.2 Å². The van der Waals surface area contributed by atoms with Crippen LogP contribution in [0.4, 0.5) is 0 Å². The molecule has 1 aromatic heterocycles. The first-order valence-electron chi connectivity index (χ1n) is 8.78. The van der Waals surface area contributed by atoms with Crippen molar-refractivity contribution in [1.29, 1.82) is 0 Å². The van der Waals surface area contributed by atoms with Gasteiger partial charge in [-0.2, -0.15) is 0 Å². The lowest BCUT2D eigenvalue weighted by atomic mass is 10.0. The fraction of sp³-hybridized carbons (Fsp3) is 0.400. The smallest absolute Gasteiger partial charge is 0.225 e. The number of hydrogen-bond donors (Lipinski definition) is 1. The largest absolute Gasteiger partial charge is 0.487 e. The van der Waals surface area contributed by atoms with E-state index in [1.54, 1.807) is 0 Å². The molecule has 2 aliphatic rings. The fourth-order valence-corrected chi connectivity index (χ4v) is 3.38. The second kappa shape index (κ2) is 6.84. The van der Waals surface area contributed by atoms with E-state index in [-0.39, 0.29) is 17.9 Å². The highest BCUT2D eigenvalue weighted by atomic mass is 16.5. The van der Waals surface area contributed by atoms with Gasteiger partial charge in [-0.25, -0.2) is 0 Å². The van der Waals surface area contributed by atoms with Crippen LogP contribution >= 0.6 is 0 Å². The van der Waals surface area contributed by atoms with E-state index < -0.39 is 0 Å². The molecule has 0 aliphatic carbocycles. The number of nitrogens with one attached hydrogen (secondary N) is 1. The van der Waals surface area contributed by atoms with Gasteiger partial charge in [0.05, 0.1) is 24.8 Å². The molecule has 0 bridgehead atoms. The van der Waals surface area contributed by atoms with Gasteiger partial charge in [-0.3, -0.25) is 9.78 Å². The molecule has 2 aromatic rings. The molecule has 0 spiro atoms. The Hall–Kier alpha value is -2.40. The zero-order valence-corrected chi connectivity index (χ0v) is 14.3. The summed E-state index contributed by atoms with van der Waals surface area (Å²) in [5, 5.41) is 3.01. The third kappa shape index (κ3) is 3.37. The molecule has 2 aliphatic heterocycles. The van der Waals surface area contributed by atoms with E-state index in [1.165, 1.54) is 5.56 Å².